The van der Waals surface area contributed by atoms with Crippen LogP contribution in [0.1, 0.15) is 13.8 Å². The predicted molar refractivity (Wildman–Crippen MR) is 89.4 cm³/mol. The summed E-state index contributed by atoms with van der Waals surface area (Å²) in [7, 11) is -2.37. The molecule has 0 atom stereocenters. The molecule has 8 nitrogen and oxygen atoms in total. The minimum atomic E-state index is -3.67. The molecule has 0 aliphatic carbocycles. The zero-order chi connectivity index (χ0) is 18.0. The van der Waals surface area contributed by atoms with E-state index in [-0.39, 0.29) is 22.8 Å². The number of sulfonamides is 1. The lowest BCUT2D eigenvalue weighted by atomic mass is 10.2. The minimum Gasteiger partial charge on any atom is -0.491 e. The van der Waals surface area contributed by atoms with Gasteiger partial charge in [-0.15, -0.1) is 0 Å². The van der Waals surface area contributed by atoms with E-state index in [0.717, 1.165) is 0 Å². The summed E-state index contributed by atoms with van der Waals surface area (Å²) in [6.07, 6.45) is 0.0479. The van der Waals surface area contributed by atoms with Crippen LogP contribution in [0.15, 0.2) is 50.4 Å². The highest BCUT2D eigenvalue weighted by atomic mass is 32.2. The summed E-state index contributed by atoms with van der Waals surface area (Å²) in [5.74, 6) is 1.29. The number of ether oxygens (including phenoxy) is 1. The second-order valence-electron chi connectivity index (χ2n) is 5.44. The van der Waals surface area contributed by atoms with E-state index in [9.17, 15) is 8.42 Å². The summed E-state index contributed by atoms with van der Waals surface area (Å²) < 4.78 is 41.7. The average Bonchev–Trinajstić information content (AvgIpc) is 3.24. The Balaban J connectivity index is 1.88. The van der Waals surface area contributed by atoms with Crippen molar-refractivity contribution in [3.8, 4) is 28.8 Å². The van der Waals surface area contributed by atoms with Crippen molar-refractivity contribution < 1.29 is 22.1 Å². The van der Waals surface area contributed by atoms with Crippen LogP contribution < -0.4 is 9.46 Å². The van der Waals surface area contributed by atoms with E-state index in [4.69, 9.17) is 13.7 Å². The van der Waals surface area contributed by atoms with Crippen LogP contribution >= 0.6 is 0 Å². The number of furan rings is 1. The summed E-state index contributed by atoms with van der Waals surface area (Å²) in [5, 5.41) is 3.68. The first-order valence-electron chi connectivity index (χ1n) is 7.53. The van der Waals surface area contributed by atoms with Crippen molar-refractivity contribution in [2.24, 2.45) is 0 Å². The number of nitrogens with zero attached hydrogens (tertiary/aromatic N) is 2. The topological polar surface area (TPSA) is 107 Å². The fraction of sp³-hybridized carbons (Fsp3) is 0.250. The molecule has 9 heteroatoms. The Kier molecular flexibility index (Phi) is 4.60. The van der Waals surface area contributed by atoms with Gasteiger partial charge < -0.3 is 13.7 Å². The largest absolute Gasteiger partial charge is 0.491 e. The second-order valence-corrected chi connectivity index (χ2v) is 7.26. The molecule has 3 aromatic rings. The van der Waals surface area contributed by atoms with E-state index < -0.39 is 10.0 Å². The van der Waals surface area contributed by atoms with Gasteiger partial charge in [-0.3, -0.25) is 0 Å². The number of nitrogens with one attached hydrogen (secondary N) is 1. The molecule has 1 aromatic carbocycles. The van der Waals surface area contributed by atoms with E-state index in [1.807, 2.05) is 32.0 Å². The Morgan fingerprint density at radius 1 is 1.20 bits per heavy atom. The Morgan fingerprint density at radius 3 is 2.72 bits per heavy atom. The van der Waals surface area contributed by atoms with Crippen LogP contribution in [0.3, 0.4) is 0 Å². The van der Waals surface area contributed by atoms with Gasteiger partial charge in [-0.05, 0) is 45.2 Å². The first-order chi connectivity index (χ1) is 11.9. The molecule has 0 saturated heterocycles. The van der Waals surface area contributed by atoms with Crippen molar-refractivity contribution in [2.45, 2.75) is 25.0 Å². The van der Waals surface area contributed by atoms with Crippen LogP contribution in [-0.4, -0.2) is 31.7 Å². The van der Waals surface area contributed by atoms with Gasteiger partial charge in [0.1, 0.15) is 5.75 Å². The van der Waals surface area contributed by atoms with Gasteiger partial charge >= 0.3 is 0 Å². The molecule has 2 aromatic heterocycles. The van der Waals surface area contributed by atoms with Crippen LogP contribution in [0, 0.1) is 0 Å². The zero-order valence-electron chi connectivity index (χ0n) is 13.9. The first-order valence-corrected chi connectivity index (χ1v) is 9.02. The highest BCUT2D eigenvalue weighted by molar-refractivity contribution is 7.89. The Hall–Kier alpha value is -2.65. The van der Waals surface area contributed by atoms with Crippen molar-refractivity contribution in [1.29, 1.82) is 0 Å². The molecular formula is C16H17N3O5S. The normalized spacial score (nSPS) is 11.8. The fourth-order valence-electron chi connectivity index (χ4n) is 2.10. The number of hydrogen-bond donors (Lipinski definition) is 1. The summed E-state index contributed by atoms with van der Waals surface area (Å²) in [6.45, 7) is 3.87. The first kappa shape index (κ1) is 17.2. The fourth-order valence-corrected chi connectivity index (χ4v) is 2.75. The van der Waals surface area contributed by atoms with Gasteiger partial charge in [0.15, 0.2) is 5.76 Å². The third-order valence-electron chi connectivity index (χ3n) is 3.22. The zero-order valence-corrected chi connectivity index (χ0v) is 14.7. The third kappa shape index (κ3) is 3.72. The summed E-state index contributed by atoms with van der Waals surface area (Å²) >= 11 is 0. The Morgan fingerprint density at radius 2 is 2.00 bits per heavy atom. The van der Waals surface area contributed by atoms with Gasteiger partial charge in [-0.25, -0.2) is 13.1 Å². The SMILES string of the molecule is CNS(=O)(=O)c1ccc(-c2nc(-c3cccc(OC(C)C)c3)no2)o1. The van der Waals surface area contributed by atoms with Crippen LogP contribution in [0.2, 0.25) is 0 Å². The Bertz CT molecular complexity index is 975. The third-order valence-corrected chi connectivity index (χ3v) is 4.50. The molecular weight excluding hydrogens is 346 g/mol. The van der Waals surface area contributed by atoms with Crippen molar-refractivity contribution >= 4 is 10.0 Å². The van der Waals surface area contributed by atoms with Crippen LogP contribution in [0.4, 0.5) is 0 Å². The van der Waals surface area contributed by atoms with Crippen molar-refractivity contribution in [3.63, 3.8) is 0 Å². The monoisotopic (exact) mass is 363 g/mol. The highest BCUT2D eigenvalue weighted by Gasteiger charge is 2.20. The maximum atomic E-state index is 11.7. The quantitative estimate of drug-likeness (QED) is 0.717. The van der Waals surface area contributed by atoms with E-state index in [1.54, 1.807) is 6.07 Å². The standard InChI is InChI=1S/C16H17N3O5S/c1-10(2)22-12-6-4-5-11(9-12)15-18-16(24-19-15)13-7-8-14(23-13)25(20,21)17-3/h4-10,17H,1-3H3. The molecule has 132 valence electrons. The summed E-state index contributed by atoms with van der Waals surface area (Å²) in [4.78, 5) is 4.25. The van der Waals surface area contributed by atoms with Crippen molar-refractivity contribution in [1.82, 2.24) is 14.9 Å². The molecule has 0 amide bonds. The minimum absolute atomic E-state index is 0.0479. The predicted octanol–water partition coefficient (Wildman–Crippen LogP) is 2.69. The van der Waals surface area contributed by atoms with Crippen molar-refractivity contribution in [3.05, 3.63) is 36.4 Å². The van der Waals surface area contributed by atoms with E-state index >= 15 is 0 Å². The molecule has 3 rings (SSSR count). The highest BCUT2D eigenvalue weighted by Crippen LogP contribution is 2.27. The molecule has 0 bridgehead atoms. The van der Waals surface area contributed by atoms with Gasteiger partial charge in [0.25, 0.3) is 15.9 Å². The maximum Gasteiger partial charge on any atom is 0.293 e. The van der Waals surface area contributed by atoms with Gasteiger partial charge in [0.2, 0.25) is 10.9 Å². The van der Waals surface area contributed by atoms with Crippen molar-refractivity contribution in [2.75, 3.05) is 7.05 Å². The molecule has 0 aliphatic rings. The lowest BCUT2D eigenvalue weighted by Gasteiger charge is -2.09. The van der Waals surface area contributed by atoms with E-state index in [1.165, 1.54) is 19.2 Å². The summed E-state index contributed by atoms with van der Waals surface area (Å²) in [6, 6.07) is 10.1. The van der Waals surface area contributed by atoms with Gasteiger partial charge in [0, 0.05) is 5.56 Å². The molecule has 2 heterocycles. The molecule has 0 saturated carbocycles. The lowest BCUT2D eigenvalue weighted by molar-refractivity contribution is 0.242. The molecule has 0 unspecified atom stereocenters. The lowest BCUT2D eigenvalue weighted by Crippen LogP contribution is -2.17. The van der Waals surface area contributed by atoms with E-state index in [2.05, 4.69) is 14.9 Å². The Labute approximate surface area is 144 Å². The molecule has 0 spiro atoms. The number of aromatic nitrogens is 2. The molecule has 0 aliphatic heterocycles. The molecule has 25 heavy (non-hydrogen) atoms. The summed E-state index contributed by atoms with van der Waals surface area (Å²) in [5.41, 5.74) is 0.711. The maximum absolute atomic E-state index is 11.7. The van der Waals surface area contributed by atoms with Crippen LogP contribution in [-0.2, 0) is 10.0 Å². The smallest absolute Gasteiger partial charge is 0.293 e. The number of benzene rings is 1. The van der Waals surface area contributed by atoms with Crippen LogP contribution in [0.5, 0.6) is 5.75 Å². The molecule has 0 radical (unpaired) electrons. The van der Waals surface area contributed by atoms with E-state index in [0.29, 0.717) is 17.1 Å². The molecule has 0 fully saturated rings. The van der Waals surface area contributed by atoms with Gasteiger partial charge in [-0.1, -0.05) is 17.3 Å². The number of hydrogen-bond acceptors (Lipinski definition) is 7. The van der Waals surface area contributed by atoms with Gasteiger partial charge in [-0.2, -0.15) is 4.98 Å². The van der Waals surface area contributed by atoms with Gasteiger partial charge in [0.05, 0.1) is 6.10 Å². The number of rotatable bonds is 6. The average molecular weight is 363 g/mol. The van der Waals surface area contributed by atoms with Crippen LogP contribution in [0.25, 0.3) is 23.0 Å². The second kappa shape index (κ2) is 6.69. The molecule has 1 N–H and O–H groups in total.